The molecule has 0 radical (unpaired) electrons. The zero-order valence-electron chi connectivity index (χ0n) is 12.4. The molecule has 0 aromatic carbocycles. The Hall–Kier alpha value is -0.650. The van der Waals surface area contributed by atoms with Gasteiger partial charge in [0.2, 0.25) is 0 Å². The number of anilines is 1. The summed E-state index contributed by atoms with van der Waals surface area (Å²) in [4.78, 5) is 10.6. The number of aromatic nitrogens is 1. The summed E-state index contributed by atoms with van der Waals surface area (Å²) >= 11 is 1.65. The predicted molar refractivity (Wildman–Crippen MR) is 81.1 cm³/mol. The summed E-state index contributed by atoms with van der Waals surface area (Å²) in [7, 11) is 0. The first-order valence-electron chi connectivity index (χ1n) is 7.04. The maximum atomic E-state index is 9.52. The fourth-order valence-electron chi connectivity index (χ4n) is 2.42. The van der Waals surface area contributed by atoms with Crippen molar-refractivity contribution in [1.82, 2.24) is 9.88 Å². The molecule has 0 bridgehead atoms. The standard InChI is InChI=1S/C14H25N3OS/c1-5-16-6-8-17(9-7-16)13-15-12(14(2,3)4)11(10-18)19-13/h18H,5-10H2,1-4H3. The second-order valence-electron chi connectivity index (χ2n) is 6.10. The van der Waals surface area contributed by atoms with E-state index >= 15 is 0 Å². The lowest BCUT2D eigenvalue weighted by molar-refractivity contribution is 0.271. The molecule has 4 nitrogen and oxygen atoms in total. The molecule has 5 heteroatoms. The molecule has 0 atom stereocenters. The van der Waals surface area contributed by atoms with Gasteiger partial charge < -0.3 is 14.9 Å². The molecule has 108 valence electrons. The lowest BCUT2D eigenvalue weighted by Crippen LogP contribution is -2.46. The summed E-state index contributed by atoms with van der Waals surface area (Å²) in [6, 6.07) is 0. The Morgan fingerprint density at radius 1 is 1.21 bits per heavy atom. The molecule has 0 amide bonds. The topological polar surface area (TPSA) is 39.6 Å². The Labute approximate surface area is 120 Å². The highest BCUT2D eigenvalue weighted by molar-refractivity contribution is 7.15. The van der Waals surface area contributed by atoms with Crippen LogP contribution in [-0.2, 0) is 12.0 Å². The molecular formula is C14H25N3OS. The highest BCUT2D eigenvalue weighted by Gasteiger charge is 2.26. The molecule has 1 saturated heterocycles. The van der Waals surface area contributed by atoms with Gasteiger partial charge in [0.15, 0.2) is 5.13 Å². The van der Waals surface area contributed by atoms with Crippen LogP contribution in [0, 0.1) is 0 Å². The Balaban J connectivity index is 2.16. The monoisotopic (exact) mass is 283 g/mol. The van der Waals surface area contributed by atoms with Crippen LogP contribution >= 0.6 is 11.3 Å². The predicted octanol–water partition coefficient (Wildman–Crippen LogP) is 2.07. The first kappa shape index (κ1) is 14.8. The van der Waals surface area contributed by atoms with Crippen LogP contribution in [0.5, 0.6) is 0 Å². The summed E-state index contributed by atoms with van der Waals surface area (Å²) in [5, 5.41) is 10.6. The minimum atomic E-state index is -0.00193. The minimum absolute atomic E-state index is 0.00193. The van der Waals surface area contributed by atoms with Crippen LogP contribution in [0.25, 0.3) is 0 Å². The molecule has 0 aliphatic carbocycles. The lowest BCUT2D eigenvalue weighted by atomic mass is 9.91. The zero-order chi connectivity index (χ0) is 14.0. The van der Waals surface area contributed by atoms with E-state index in [-0.39, 0.29) is 12.0 Å². The van der Waals surface area contributed by atoms with Gasteiger partial charge in [0.05, 0.1) is 17.2 Å². The van der Waals surface area contributed by atoms with Gasteiger partial charge in [-0.25, -0.2) is 4.98 Å². The minimum Gasteiger partial charge on any atom is -0.391 e. The van der Waals surface area contributed by atoms with E-state index in [1.54, 1.807) is 11.3 Å². The number of rotatable bonds is 3. The van der Waals surface area contributed by atoms with E-state index in [9.17, 15) is 5.11 Å². The van der Waals surface area contributed by atoms with Crippen molar-refractivity contribution in [2.24, 2.45) is 0 Å². The summed E-state index contributed by atoms with van der Waals surface area (Å²) in [5.74, 6) is 0. The van der Waals surface area contributed by atoms with Crippen LogP contribution in [0.3, 0.4) is 0 Å². The average Bonchev–Trinajstić information content (AvgIpc) is 2.83. The van der Waals surface area contributed by atoms with Gasteiger partial charge in [-0.1, -0.05) is 39.0 Å². The van der Waals surface area contributed by atoms with Crippen LogP contribution in [0.1, 0.15) is 38.3 Å². The van der Waals surface area contributed by atoms with Crippen molar-refractivity contribution in [3.05, 3.63) is 10.6 Å². The third kappa shape index (κ3) is 3.27. The number of aliphatic hydroxyl groups is 1. The second kappa shape index (κ2) is 5.77. The molecule has 0 saturated carbocycles. The third-order valence-corrected chi connectivity index (χ3v) is 4.73. The number of likely N-dealkylation sites (N-methyl/N-ethyl adjacent to an activating group) is 1. The van der Waals surface area contributed by atoms with E-state index in [0.717, 1.165) is 48.4 Å². The van der Waals surface area contributed by atoms with Crippen molar-refractivity contribution in [3.63, 3.8) is 0 Å². The smallest absolute Gasteiger partial charge is 0.185 e. The number of nitrogens with zero attached hydrogens (tertiary/aromatic N) is 3. The Morgan fingerprint density at radius 3 is 2.26 bits per heavy atom. The molecule has 1 fully saturated rings. The molecule has 1 aliphatic heterocycles. The van der Waals surface area contributed by atoms with Gasteiger partial charge >= 0.3 is 0 Å². The van der Waals surface area contributed by atoms with Crippen LogP contribution in [0.4, 0.5) is 5.13 Å². The molecule has 1 aromatic heterocycles. The van der Waals surface area contributed by atoms with Gasteiger partial charge in [-0.15, -0.1) is 0 Å². The highest BCUT2D eigenvalue weighted by Crippen LogP contribution is 2.34. The Morgan fingerprint density at radius 2 is 1.84 bits per heavy atom. The summed E-state index contributed by atoms with van der Waals surface area (Å²) in [6.45, 7) is 14.2. The fraction of sp³-hybridized carbons (Fsp3) is 0.786. The van der Waals surface area contributed by atoms with Crippen LogP contribution in [0.2, 0.25) is 0 Å². The van der Waals surface area contributed by atoms with E-state index < -0.39 is 0 Å². The number of hydrogen-bond acceptors (Lipinski definition) is 5. The molecule has 2 rings (SSSR count). The molecule has 19 heavy (non-hydrogen) atoms. The molecule has 1 aromatic rings. The molecule has 2 heterocycles. The van der Waals surface area contributed by atoms with Gasteiger partial charge in [0.1, 0.15) is 0 Å². The maximum Gasteiger partial charge on any atom is 0.185 e. The van der Waals surface area contributed by atoms with Crippen LogP contribution in [-0.4, -0.2) is 47.7 Å². The Bertz CT molecular complexity index is 417. The van der Waals surface area contributed by atoms with Crippen molar-refractivity contribution < 1.29 is 5.11 Å². The van der Waals surface area contributed by atoms with Gasteiger partial charge in [0, 0.05) is 31.6 Å². The number of piperazine rings is 1. The first-order chi connectivity index (χ1) is 8.95. The van der Waals surface area contributed by atoms with E-state index in [4.69, 9.17) is 4.98 Å². The molecule has 0 unspecified atom stereocenters. The fourth-order valence-corrected chi connectivity index (χ4v) is 3.61. The summed E-state index contributed by atoms with van der Waals surface area (Å²) in [5.41, 5.74) is 1.05. The number of hydrogen-bond donors (Lipinski definition) is 1. The zero-order valence-corrected chi connectivity index (χ0v) is 13.3. The first-order valence-corrected chi connectivity index (χ1v) is 7.85. The van der Waals surface area contributed by atoms with E-state index in [2.05, 4.69) is 37.5 Å². The number of thiazole rings is 1. The van der Waals surface area contributed by atoms with E-state index in [1.165, 1.54) is 0 Å². The van der Waals surface area contributed by atoms with Gasteiger partial charge in [-0.3, -0.25) is 0 Å². The Kier molecular flexibility index (Phi) is 4.48. The third-order valence-electron chi connectivity index (χ3n) is 3.63. The van der Waals surface area contributed by atoms with E-state index in [0.29, 0.717) is 0 Å². The van der Waals surface area contributed by atoms with Crippen molar-refractivity contribution in [2.45, 2.75) is 39.7 Å². The highest BCUT2D eigenvalue weighted by atomic mass is 32.1. The second-order valence-corrected chi connectivity index (χ2v) is 7.16. The maximum absolute atomic E-state index is 9.52. The van der Waals surface area contributed by atoms with Crippen molar-refractivity contribution in [3.8, 4) is 0 Å². The lowest BCUT2D eigenvalue weighted by Gasteiger charge is -2.33. The van der Waals surface area contributed by atoms with Crippen LogP contribution < -0.4 is 4.90 Å². The normalized spacial score (nSPS) is 18.1. The van der Waals surface area contributed by atoms with Crippen molar-refractivity contribution in [2.75, 3.05) is 37.6 Å². The summed E-state index contributed by atoms with van der Waals surface area (Å²) in [6.07, 6.45) is 0. The largest absolute Gasteiger partial charge is 0.391 e. The van der Waals surface area contributed by atoms with E-state index in [1.807, 2.05) is 0 Å². The molecule has 1 N–H and O–H groups in total. The average molecular weight is 283 g/mol. The molecular weight excluding hydrogens is 258 g/mol. The van der Waals surface area contributed by atoms with Gasteiger partial charge in [0.25, 0.3) is 0 Å². The van der Waals surface area contributed by atoms with Gasteiger partial charge in [-0.2, -0.15) is 0 Å². The van der Waals surface area contributed by atoms with Crippen molar-refractivity contribution in [1.29, 1.82) is 0 Å². The molecule has 1 aliphatic rings. The SMILES string of the molecule is CCN1CCN(c2nc(C(C)(C)C)c(CO)s2)CC1. The van der Waals surface area contributed by atoms with Crippen molar-refractivity contribution >= 4 is 16.5 Å². The van der Waals surface area contributed by atoms with Crippen LogP contribution in [0.15, 0.2) is 0 Å². The molecule has 0 spiro atoms. The number of aliphatic hydroxyl groups excluding tert-OH is 1. The van der Waals surface area contributed by atoms with Gasteiger partial charge in [-0.05, 0) is 6.54 Å². The summed E-state index contributed by atoms with van der Waals surface area (Å²) < 4.78 is 0. The quantitative estimate of drug-likeness (QED) is 0.922.